The average Bonchev–Trinajstić information content (AvgIpc) is 1.81. The Hall–Kier alpha value is -1.21. The van der Waals surface area contributed by atoms with E-state index in [0.717, 1.165) is 6.42 Å². The first-order chi connectivity index (χ1) is 3.91. The Morgan fingerprint density at radius 3 is 2.75 bits per heavy atom. The largest absolute Gasteiger partial charge is 0.289 e. The molecule has 0 fully saturated rings. The topological polar surface area (TPSA) is 17.1 Å². The zero-order valence-electron chi connectivity index (χ0n) is 4.69. The molecule has 0 aliphatic rings. The van der Waals surface area contributed by atoms with Crippen LogP contribution in [0.2, 0.25) is 0 Å². The van der Waals surface area contributed by atoms with Crippen molar-refractivity contribution in [1.82, 2.24) is 0 Å². The molecule has 0 N–H and O–H groups in total. The van der Waals surface area contributed by atoms with Crippen molar-refractivity contribution >= 4 is 6.29 Å². The molecule has 0 amide bonds. The standard InChI is InChI=1S/C7H6O/c1-2-3-4-5-6-7-8/h7H,2H2,1H3. The van der Waals surface area contributed by atoms with E-state index in [9.17, 15) is 4.79 Å². The Balaban J connectivity index is 3.56. The first kappa shape index (κ1) is 6.79. The lowest BCUT2D eigenvalue weighted by Crippen LogP contribution is -1.57. The quantitative estimate of drug-likeness (QED) is 0.326. The lowest BCUT2D eigenvalue weighted by Gasteiger charge is -1.59. The molecule has 0 aromatic heterocycles. The summed E-state index contributed by atoms with van der Waals surface area (Å²) in [4.78, 5) is 9.53. The van der Waals surface area contributed by atoms with E-state index in [1.807, 2.05) is 6.92 Å². The number of rotatable bonds is 0. The van der Waals surface area contributed by atoms with E-state index in [2.05, 4.69) is 23.7 Å². The van der Waals surface area contributed by atoms with Gasteiger partial charge in [0.1, 0.15) is 0 Å². The summed E-state index contributed by atoms with van der Waals surface area (Å²) < 4.78 is 0. The molecular formula is C7H6O. The third-order valence-corrected chi connectivity index (χ3v) is 0.459. The second kappa shape index (κ2) is 5.79. The summed E-state index contributed by atoms with van der Waals surface area (Å²) in [6.07, 6.45) is 1.32. The predicted octanol–water partition coefficient (Wildman–Crippen LogP) is 0.602. The molecule has 0 aromatic carbocycles. The van der Waals surface area contributed by atoms with E-state index in [-0.39, 0.29) is 0 Å². The fourth-order valence-corrected chi connectivity index (χ4v) is 0.198. The molecule has 0 aliphatic carbocycles. The highest BCUT2D eigenvalue weighted by Gasteiger charge is 1.55. The van der Waals surface area contributed by atoms with Crippen molar-refractivity contribution in [3.8, 4) is 23.7 Å². The highest BCUT2D eigenvalue weighted by atomic mass is 16.1. The zero-order valence-corrected chi connectivity index (χ0v) is 4.69. The maximum Gasteiger partial charge on any atom is 0.193 e. The first-order valence-corrected chi connectivity index (χ1v) is 2.34. The van der Waals surface area contributed by atoms with Crippen molar-refractivity contribution in [2.24, 2.45) is 0 Å². The van der Waals surface area contributed by atoms with Crippen LogP contribution in [-0.4, -0.2) is 6.29 Å². The van der Waals surface area contributed by atoms with Crippen molar-refractivity contribution in [1.29, 1.82) is 0 Å². The molecule has 1 nitrogen and oxygen atoms in total. The van der Waals surface area contributed by atoms with Gasteiger partial charge in [0, 0.05) is 6.42 Å². The van der Waals surface area contributed by atoms with Gasteiger partial charge in [0.15, 0.2) is 6.29 Å². The van der Waals surface area contributed by atoms with E-state index in [0.29, 0.717) is 6.29 Å². The van der Waals surface area contributed by atoms with Crippen LogP contribution in [0.4, 0.5) is 0 Å². The van der Waals surface area contributed by atoms with Crippen LogP contribution in [0.25, 0.3) is 0 Å². The smallest absolute Gasteiger partial charge is 0.193 e. The molecule has 0 saturated heterocycles. The van der Waals surface area contributed by atoms with Gasteiger partial charge in [-0.25, -0.2) is 0 Å². The highest BCUT2D eigenvalue weighted by Crippen LogP contribution is 1.63. The molecule has 0 aromatic rings. The minimum absolute atomic E-state index is 0.532. The van der Waals surface area contributed by atoms with Crippen molar-refractivity contribution in [3.63, 3.8) is 0 Å². The van der Waals surface area contributed by atoms with Crippen LogP contribution in [0.1, 0.15) is 13.3 Å². The van der Waals surface area contributed by atoms with E-state index in [1.165, 1.54) is 0 Å². The lowest BCUT2D eigenvalue weighted by molar-refractivity contribution is -0.103. The molecule has 0 rings (SSSR count). The molecule has 0 atom stereocenters. The van der Waals surface area contributed by atoms with Gasteiger partial charge in [-0.2, -0.15) is 0 Å². The van der Waals surface area contributed by atoms with Crippen LogP contribution in [-0.2, 0) is 4.79 Å². The Bertz CT molecular complexity index is 170. The second-order valence-corrected chi connectivity index (χ2v) is 1.04. The van der Waals surface area contributed by atoms with E-state index < -0.39 is 0 Å². The van der Waals surface area contributed by atoms with Gasteiger partial charge in [-0.1, -0.05) is 12.8 Å². The Kier molecular flexibility index (Phi) is 4.91. The van der Waals surface area contributed by atoms with Gasteiger partial charge in [0.05, 0.1) is 0 Å². The Morgan fingerprint density at radius 1 is 1.50 bits per heavy atom. The number of hydrogen-bond donors (Lipinski definition) is 0. The number of carbonyl (C=O) groups is 1. The zero-order chi connectivity index (χ0) is 6.24. The number of hydrogen-bond acceptors (Lipinski definition) is 1. The summed E-state index contributed by atoms with van der Waals surface area (Å²) in [6, 6.07) is 0. The maximum atomic E-state index is 9.53. The fourth-order valence-electron chi connectivity index (χ4n) is 0.198. The number of carbonyl (C=O) groups excluding carboxylic acids is 1. The number of aldehydes is 1. The van der Waals surface area contributed by atoms with Gasteiger partial charge < -0.3 is 0 Å². The van der Waals surface area contributed by atoms with Gasteiger partial charge in [-0.15, -0.1) is 0 Å². The molecule has 40 valence electrons. The minimum atomic E-state index is 0.532. The van der Waals surface area contributed by atoms with Crippen molar-refractivity contribution in [2.75, 3.05) is 0 Å². The molecule has 1 heteroatoms. The summed E-state index contributed by atoms with van der Waals surface area (Å²) in [5.41, 5.74) is 0. The summed E-state index contributed by atoms with van der Waals surface area (Å²) in [5, 5.41) is 0. The SMILES string of the molecule is CCC#CC#CC=O. The molecule has 0 heterocycles. The third-order valence-electron chi connectivity index (χ3n) is 0.459. The van der Waals surface area contributed by atoms with Crippen LogP contribution in [0.3, 0.4) is 0 Å². The molecule has 0 spiro atoms. The van der Waals surface area contributed by atoms with Crippen molar-refractivity contribution in [2.45, 2.75) is 13.3 Å². The van der Waals surface area contributed by atoms with Gasteiger partial charge in [0.25, 0.3) is 0 Å². The van der Waals surface area contributed by atoms with Crippen molar-refractivity contribution in [3.05, 3.63) is 0 Å². The molecule has 0 aliphatic heterocycles. The molecule has 0 bridgehead atoms. The van der Waals surface area contributed by atoms with Gasteiger partial charge in [-0.05, 0) is 17.8 Å². The van der Waals surface area contributed by atoms with E-state index in [1.54, 1.807) is 0 Å². The van der Waals surface area contributed by atoms with Crippen molar-refractivity contribution < 1.29 is 4.79 Å². The third kappa shape index (κ3) is 4.79. The van der Waals surface area contributed by atoms with Crippen LogP contribution in [0.5, 0.6) is 0 Å². The summed E-state index contributed by atoms with van der Waals surface area (Å²) in [5.74, 6) is 9.73. The van der Waals surface area contributed by atoms with Gasteiger partial charge in [-0.3, -0.25) is 4.79 Å². The Labute approximate surface area is 49.1 Å². The summed E-state index contributed by atoms with van der Waals surface area (Å²) in [7, 11) is 0. The normalized spacial score (nSPS) is 5.12. The van der Waals surface area contributed by atoms with Gasteiger partial charge >= 0.3 is 0 Å². The monoisotopic (exact) mass is 106 g/mol. The van der Waals surface area contributed by atoms with Crippen LogP contribution in [0.15, 0.2) is 0 Å². The lowest BCUT2D eigenvalue weighted by atomic mass is 10.5. The van der Waals surface area contributed by atoms with Crippen LogP contribution in [0, 0.1) is 23.7 Å². The van der Waals surface area contributed by atoms with Crippen LogP contribution < -0.4 is 0 Å². The maximum absolute atomic E-state index is 9.53. The molecule has 8 heavy (non-hydrogen) atoms. The fraction of sp³-hybridized carbons (Fsp3) is 0.286. The summed E-state index contributed by atoms with van der Waals surface area (Å²) >= 11 is 0. The molecular weight excluding hydrogens is 100 g/mol. The van der Waals surface area contributed by atoms with E-state index in [4.69, 9.17) is 0 Å². The molecule has 0 saturated carbocycles. The van der Waals surface area contributed by atoms with Crippen LogP contribution >= 0.6 is 0 Å². The van der Waals surface area contributed by atoms with E-state index >= 15 is 0 Å². The molecule has 0 radical (unpaired) electrons. The van der Waals surface area contributed by atoms with Gasteiger partial charge in [0.2, 0.25) is 0 Å². The first-order valence-electron chi connectivity index (χ1n) is 2.34. The second-order valence-electron chi connectivity index (χ2n) is 1.04. The minimum Gasteiger partial charge on any atom is -0.289 e. The average molecular weight is 106 g/mol. The Morgan fingerprint density at radius 2 is 2.25 bits per heavy atom. The summed E-state index contributed by atoms with van der Waals surface area (Å²) in [6.45, 7) is 1.93. The molecule has 0 unspecified atom stereocenters. The highest BCUT2D eigenvalue weighted by molar-refractivity contribution is 5.73. The predicted molar refractivity (Wildman–Crippen MR) is 31.9 cm³/mol.